The van der Waals surface area contributed by atoms with Gasteiger partial charge in [0, 0.05) is 28.7 Å². The van der Waals surface area contributed by atoms with Gasteiger partial charge in [0.1, 0.15) is 5.75 Å². The average Bonchev–Trinajstić information content (AvgIpc) is 3.36. The highest BCUT2D eigenvalue weighted by atomic mass is 32.1. The van der Waals surface area contributed by atoms with Crippen molar-refractivity contribution in [1.82, 2.24) is 10.3 Å². The summed E-state index contributed by atoms with van der Waals surface area (Å²) in [5.74, 6) is 1.18. The lowest BCUT2D eigenvalue weighted by Gasteiger charge is -2.22. The van der Waals surface area contributed by atoms with Crippen molar-refractivity contribution in [3.05, 3.63) is 94.9 Å². The number of benzene rings is 3. The van der Waals surface area contributed by atoms with Crippen molar-refractivity contribution in [2.24, 2.45) is 5.92 Å². The molecule has 1 heterocycles. The molecular weight excluding hydrogens is 454 g/mol. The van der Waals surface area contributed by atoms with Crippen molar-refractivity contribution in [1.29, 1.82) is 0 Å². The van der Waals surface area contributed by atoms with Crippen LogP contribution in [0.1, 0.15) is 35.3 Å². The van der Waals surface area contributed by atoms with Crippen molar-refractivity contribution in [3.63, 3.8) is 0 Å². The van der Waals surface area contributed by atoms with Crippen LogP contribution in [0.3, 0.4) is 0 Å². The molecule has 1 aromatic heterocycles. The summed E-state index contributed by atoms with van der Waals surface area (Å²) < 4.78 is 5.35. The van der Waals surface area contributed by atoms with Gasteiger partial charge in [-0.05, 0) is 54.8 Å². The molecule has 35 heavy (non-hydrogen) atoms. The zero-order valence-electron chi connectivity index (χ0n) is 20.6. The summed E-state index contributed by atoms with van der Waals surface area (Å²) >= 11 is 1.62. The number of ether oxygens (including phenoxy) is 1. The highest BCUT2D eigenvalue weighted by Gasteiger charge is 2.16. The summed E-state index contributed by atoms with van der Waals surface area (Å²) in [6, 6.07) is 24.2. The third kappa shape index (κ3) is 6.28. The molecule has 0 saturated carbocycles. The third-order valence-corrected chi connectivity index (χ3v) is 6.55. The normalized spacial score (nSPS) is 10.9. The number of rotatable bonds is 9. The molecule has 0 saturated heterocycles. The van der Waals surface area contributed by atoms with Gasteiger partial charge in [-0.25, -0.2) is 4.98 Å². The van der Waals surface area contributed by atoms with Crippen LogP contribution < -0.4 is 15.0 Å². The molecular formula is C29H31N3O2S. The highest BCUT2D eigenvalue weighted by molar-refractivity contribution is 7.14. The maximum atomic E-state index is 12.4. The summed E-state index contributed by atoms with van der Waals surface area (Å²) in [7, 11) is 1.67. The quantitative estimate of drug-likeness (QED) is 0.282. The standard InChI is InChI=1S/C29H31N3O2S/c1-20(2)17-30-28(33)24-11-7-22(8-12-24)18-32(25-13-15-26(34-4)16-14-25)29-31-27(19-35-29)23-9-5-21(3)6-10-23/h5-16,19-20H,17-18H2,1-4H3,(H,30,33). The Morgan fingerprint density at radius 2 is 1.69 bits per heavy atom. The molecule has 6 heteroatoms. The van der Waals surface area contributed by atoms with Crippen LogP contribution >= 0.6 is 11.3 Å². The minimum atomic E-state index is -0.0417. The van der Waals surface area contributed by atoms with E-state index in [0.717, 1.165) is 33.4 Å². The summed E-state index contributed by atoms with van der Waals surface area (Å²) in [6.07, 6.45) is 0. The smallest absolute Gasteiger partial charge is 0.251 e. The van der Waals surface area contributed by atoms with Crippen molar-refractivity contribution in [2.75, 3.05) is 18.6 Å². The molecule has 3 aromatic carbocycles. The van der Waals surface area contributed by atoms with E-state index in [-0.39, 0.29) is 5.91 Å². The first kappa shape index (κ1) is 24.5. The molecule has 0 radical (unpaired) electrons. The number of nitrogens with one attached hydrogen (secondary N) is 1. The van der Waals surface area contributed by atoms with Crippen LogP contribution in [-0.2, 0) is 6.54 Å². The second kappa shape index (κ2) is 11.2. The largest absolute Gasteiger partial charge is 0.497 e. The fourth-order valence-electron chi connectivity index (χ4n) is 3.62. The molecule has 0 bridgehead atoms. The Morgan fingerprint density at radius 1 is 1.00 bits per heavy atom. The molecule has 180 valence electrons. The first-order valence-electron chi connectivity index (χ1n) is 11.7. The van der Waals surface area contributed by atoms with Gasteiger partial charge in [-0.2, -0.15) is 0 Å². The molecule has 0 unspecified atom stereocenters. The van der Waals surface area contributed by atoms with Crippen molar-refractivity contribution in [3.8, 4) is 17.0 Å². The Morgan fingerprint density at radius 3 is 2.31 bits per heavy atom. The predicted octanol–water partition coefficient (Wildman–Crippen LogP) is 6.85. The molecule has 4 rings (SSSR count). The number of hydrogen-bond donors (Lipinski definition) is 1. The SMILES string of the molecule is COc1ccc(N(Cc2ccc(C(=O)NCC(C)C)cc2)c2nc(-c3ccc(C)cc3)cs2)cc1. The monoisotopic (exact) mass is 485 g/mol. The molecule has 0 aliphatic carbocycles. The van der Waals surface area contributed by atoms with Gasteiger partial charge in [0.2, 0.25) is 0 Å². The van der Waals surface area contributed by atoms with Crippen molar-refractivity contribution >= 4 is 28.1 Å². The maximum Gasteiger partial charge on any atom is 0.251 e. The van der Waals surface area contributed by atoms with Gasteiger partial charge in [-0.15, -0.1) is 11.3 Å². The number of thiazole rings is 1. The number of aromatic nitrogens is 1. The third-order valence-electron chi connectivity index (χ3n) is 5.68. The topological polar surface area (TPSA) is 54.5 Å². The van der Waals surface area contributed by atoms with Gasteiger partial charge in [-0.1, -0.05) is 55.8 Å². The van der Waals surface area contributed by atoms with Crippen LogP contribution in [0, 0.1) is 12.8 Å². The number of anilines is 2. The molecule has 5 nitrogen and oxygen atoms in total. The summed E-state index contributed by atoms with van der Waals surface area (Å²) in [5.41, 5.74) is 6.07. The van der Waals surface area contributed by atoms with E-state index in [1.54, 1.807) is 18.4 Å². The summed E-state index contributed by atoms with van der Waals surface area (Å²) in [4.78, 5) is 19.6. The lowest BCUT2D eigenvalue weighted by Crippen LogP contribution is -2.27. The number of carbonyl (C=O) groups excluding carboxylic acids is 1. The van der Waals surface area contributed by atoms with Crippen LogP contribution in [0.15, 0.2) is 78.2 Å². The molecule has 0 spiro atoms. The van der Waals surface area contributed by atoms with Crippen LogP contribution in [0.2, 0.25) is 0 Å². The van der Waals surface area contributed by atoms with Crippen LogP contribution in [0.4, 0.5) is 10.8 Å². The van der Waals surface area contributed by atoms with Crippen LogP contribution in [0.25, 0.3) is 11.3 Å². The van der Waals surface area contributed by atoms with E-state index < -0.39 is 0 Å². The van der Waals surface area contributed by atoms with Crippen molar-refractivity contribution < 1.29 is 9.53 Å². The van der Waals surface area contributed by atoms with Gasteiger partial charge < -0.3 is 15.0 Å². The molecule has 0 atom stereocenters. The van der Waals surface area contributed by atoms with Crippen LogP contribution in [0.5, 0.6) is 5.75 Å². The Kier molecular flexibility index (Phi) is 7.83. The number of amides is 1. The van der Waals surface area contributed by atoms with E-state index in [0.29, 0.717) is 24.6 Å². The zero-order valence-corrected chi connectivity index (χ0v) is 21.4. The number of carbonyl (C=O) groups is 1. The Labute approximate surface area is 211 Å². The predicted molar refractivity (Wildman–Crippen MR) is 145 cm³/mol. The lowest BCUT2D eigenvalue weighted by atomic mass is 10.1. The van der Waals surface area contributed by atoms with E-state index in [1.807, 2.05) is 48.5 Å². The fourth-order valence-corrected chi connectivity index (χ4v) is 4.47. The number of nitrogens with zero attached hydrogens (tertiary/aromatic N) is 2. The highest BCUT2D eigenvalue weighted by Crippen LogP contribution is 2.34. The lowest BCUT2D eigenvalue weighted by molar-refractivity contribution is 0.0949. The van der Waals surface area contributed by atoms with Crippen molar-refractivity contribution in [2.45, 2.75) is 27.3 Å². The fraction of sp³-hybridized carbons (Fsp3) is 0.241. The molecule has 0 fully saturated rings. The Balaban J connectivity index is 1.59. The minimum absolute atomic E-state index is 0.0417. The Hall–Kier alpha value is -3.64. The van der Waals surface area contributed by atoms with E-state index in [9.17, 15) is 4.79 Å². The second-order valence-electron chi connectivity index (χ2n) is 8.97. The summed E-state index contributed by atoms with van der Waals surface area (Å²) in [6.45, 7) is 7.54. The van der Waals surface area contributed by atoms with E-state index in [1.165, 1.54) is 5.56 Å². The molecule has 0 aliphatic heterocycles. The van der Waals surface area contributed by atoms with E-state index >= 15 is 0 Å². The summed E-state index contributed by atoms with van der Waals surface area (Å²) in [5, 5.41) is 5.98. The number of methoxy groups -OCH3 is 1. The zero-order chi connectivity index (χ0) is 24.8. The average molecular weight is 486 g/mol. The van der Waals surface area contributed by atoms with Gasteiger partial charge in [-0.3, -0.25) is 4.79 Å². The first-order chi connectivity index (χ1) is 16.9. The second-order valence-corrected chi connectivity index (χ2v) is 9.80. The van der Waals surface area contributed by atoms with E-state index in [4.69, 9.17) is 9.72 Å². The van der Waals surface area contributed by atoms with Gasteiger partial charge in [0.25, 0.3) is 5.91 Å². The molecule has 4 aromatic rings. The van der Waals surface area contributed by atoms with Crippen LogP contribution in [-0.4, -0.2) is 24.5 Å². The molecule has 0 aliphatic rings. The Bertz CT molecular complexity index is 1250. The molecule has 1 amide bonds. The first-order valence-corrected chi connectivity index (χ1v) is 12.6. The van der Waals surface area contributed by atoms with Gasteiger partial charge in [0.15, 0.2) is 5.13 Å². The molecule has 1 N–H and O–H groups in total. The minimum Gasteiger partial charge on any atom is -0.497 e. The van der Waals surface area contributed by atoms with Gasteiger partial charge >= 0.3 is 0 Å². The van der Waals surface area contributed by atoms with E-state index in [2.05, 4.69) is 60.6 Å². The maximum absolute atomic E-state index is 12.4. The number of aryl methyl sites for hydroxylation is 1. The number of hydrogen-bond acceptors (Lipinski definition) is 5. The van der Waals surface area contributed by atoms with Gasteiger partial charge in [0.05, 0.1) is 19.3 Å².